The summed E-state index contributed by atoms with van der Waals surface area (Å²) in [6, 6.07) is 0. The Balaban J connectivity index is 4.87. The van der Waals surface area contributed by atoms with Gasteiger partial charge in [-0.15, -0.1) is 0 Å². The largest absolute Gasteiger partial charge is 0.482 e. The van der Waals surface area contributed by atoms with E-state index in [-0.39, 0.29) is 5.41 Å². The van der Waals surface area contributed by atoms with Crippen molar-refractivity contribution < 1.29 is 4.74 Å². The monoisotopic (exact) mass is 236 g/mol. The SMILES string of the molecule is C=CCO/C(C#CC(C)(C)C)=C\[Si](C)(C)C. The highest BCUT2D eigenvalue weighted by molar-refractivity contribution is 6.81. The summed E-state index contributed by atoms with van der Waals surface area (Å²) < 4.78 is 5.57. The molecule has 0 fully saturated rings. The summed E-state index contributed by atoms with van der Waals surface area (Å²) in [6.45, 7) is 17.3. The Hall–Kier alpha value is -0.943. The zero-order valence-corrected chi connectivity index (χ0v) is 12.5. The normalized spacial score (nSPS) is 12.8. The lowest BCUT2D eigenvalue weighted by Gasteiger charge is -2.12. The second-order valence-corrected chi connectivity index (χ2v) is 11.0. The molecular weight excluding hydrogens is 212 g/mol. The first-order valence-corrected chi connectivity index (χ1v) is 9.21. The van der Waals surface area contributed by atoms with E-state index in [0.717, 1.165) is 5.76 Å². The molecule has 0 aliphatic carbocycles. The van der Waals surface area contributed by atoms with E-state index >= 15 is 0 Å². The fourth-order valence-electron chi connectivity index (χ4n) is 0.905. The summed E-state index contributed by atoms with van der Waals surface area (Å²) in [5.74, 6) is 7.12. The maximum Gasteiger partial charge on any atom is 0.162 e. The molecule has 0 atom stereocenters. The van der Waals surface area contributed by atoms with Gasteiger partial charge in [-0.3, -0.25) is 0 Å². The molecule has 0 saturated carbocycles. The topological polar surface area (TPSA) is 9.23 Å². The molecule has 16 heavy (non-hydrogen) atoms. The molecule has 0 aliphatic rings. The van der Waals surface area contributed by atoms with E-state index in [1.807, 2.05) is 0 Å². The minimum absolute atomic E-state index is 0.00999. The maximum absolute atomic E-state index is 5.57. The van der Waals surface area contributed by atoms with Crippen LogP contribution in [0.4, 0.5) is 0 Å². The average molecular weight is 236 g/mol. The first-order chi connectivity index (χ1) is 7.14. The molecular formula is C14H24OSi. The highest BCUT2D eigenvalue weighted by Gasteiger charge is 2.11. The van der Waals surface area contributed by atoms with Crippen LogP contribution in [0.15, 0.2) is 24.1 Å². The van der Waals surface area contributed by atoms with E-state index in [0.29, 0.717) is 6.61 Å². The van der Waals surface area contributed by atoms with Crippen molar-refractivity contribution in [3.8, 4) is 11.8 Å². The first-order valence-electron chi connectivity index (χ1n) is 5.64. The van der Waals surface area contributed by atoms with Gasteiger partial charge in [0, 0.05) is 5.41 Å². The molecule has 0 spiro atoms. The lowest BCUT2D eigenvalue weighted by atomic mass is 9.98. The predicted octanol–water partition coefficient (Wildman–Crippen LogP) is 4.00. The van der Waals surface area contributed by atoms with Crippen molar-refractivity contribution in [1.82, 2.24) is 0 Å². The van der Waals surface area contributed by atoms with Gasteiger partial charge in [0.25, 0.3) is 0 Å². The van der Waals surface area contributed by atoms with Crippen LogP contribution in [0.2, 0.25) is 19.6 Å². The summed E-state index contributed by atoms with van der Waals surface area (Å²) in [7, 11) is -1.29. The molecule has 0 aromatic carbocycles. The van der Waals surface area contributed by atoms with Crippen molar-refractivity contribution in [2.24, 2.45) is 5.41 Å². The molecule has 1 nitrogen and oxygen atoms in total. The lowest BCUT2D eigenvalue weighted by Crippen LogP contribution is -2.17. The van der Waals surface area contributed by atoms with Crippen LogP contribution in [-0.2, 0) is 4.74 Å². The summed E-state index contributed by atoms with van der Waals surface area (Å²) >= 11 is 0. The van der Waals surface area contributed by atoms with Crippen LogP contribution in [-0.4, -0.2) is 14.7 Å². The molecule has 0 saturated heterocycles. The molecule has 90 valence electrons. The number of allylic oxidation sites excluding steroid dienone is 1. The van der Waals surface area contributed by atoms with Gasteiger partial charge < -0.3 is 4.74 Å². The van der Waals surface area contributed by atoms with Crippen LogP contribution in [0.5, 0.6) is 0 Å². The van der Waals surface area contributed by atoms with Gasteiger partial charge in [-0.25, -0.2) is 0 Å². The Morgan fingerprint density at radius 1 is 1.31 bits per heavy atom. The maximum atomic E-state index is 5.57. The first kappa shape index (κ1) is 15.1. The molecule has 0 amide bonds. The van der Waals surface area contributed by atoms with Gasteiger partial charge in [0.1, 0.15) is 6.61 Å². The lowest BCUT2D eigenvalue weighted by molar-refractivity contribution is 0.266. The second-order valence-electron chi connectivity index (χ2n) is 5.97. The fraction of sp³-hybridized carbons (Fsp3) is 0.571. The number of ether oxygens (including phenoxy) is 1. The van der Waals surface area contributed by atoms with Crippen molar-refractivity contribution in [2.45, 2.75) is 40.4 Å². The molecule has 0 aromatic rings. The Kier molecular flexibility index (Phi) is 5.61. The van der Waals surface area contributed by atoms with Crippen LogP contribution in [0, 0.1) is 17.3 Å². The van der Waals surface area contributed by atoms with Gasteiger partial charge in [0.2, 0.25) is 0 Å². The van der Waals surface area contributed by atoms with Gasteiger partial charge in [-0.05, 0) is 32.4 Å². The zero-order valence-electron chi connectivity index (χ0n) is 11.5. The standard InChI is InChI=1S/C14H24OSi/c1-8-11-15-13(12-16(5,6)7)9-10-14(2,3)4/h8,12H,1,11H2,2-7H3/b13-12-. The Morgan fingerprint density at radius 2 is 1.88 bits per heavy atom. The third kappa shape index (κ3) is 9.61. The van der Waals surface area contributed by atoms with E-state index in [1.165, 1.54) is 0 Å². The van der Waals surface area contributed by atoms with Gasteiger partial charge in [-0.1, -0.05) is 38.2 Å². The van der Waals surface area contributed by atoms with Crippen molar-refractivity contribution >= 4 is 8.07 Å². The van der Waals surface area contributed by atoms with E-state index in [9.17, 15) is 0 Å². The molecule has 0 aliphatic heterocycles. The number of rotatable bonds is 4. The third-order valence-electron chi connectivity index (χ3n) is 1.48. The van der Waals surface area contributed by atoms with Crippen LogP contribution in [0.25, 0.3) is 0 Å². The Labute approximate surface area is 102 Å². The van der Waals surface area contributed by atoms with E-state index in [4.69, 9.17) is 4.74 Å². The van der Waals surface area contributed by atoms with Gasteiger partial charge >= 0.3 is 0 Å². The quantitative estimate of drug-likeness (QED) is 0.310. The molecule has 0 radical (unpaired) electrons. The second kappa shape index (κ2) is 5.96. The highest BCUT2D eigenvalue weighted by Crippen LogP contribution is 2.12. The smallest absolute Gasteiger partial charge is 0.162 e. The van der Waals surface area contributed by atoms with Crippen LogP contribution >= 0.6 is 0 Å². The molecule has 0 aromatic heterocycles. The molecule has 0 heterocycles. The predicted molar refractivity (Wildman–Crippen MR) is 74.8 cm³/mol. The van der Waals surface area contributed by atoms with Crippen LogP contribution in [0.3, 0.4) is 0 Å². The summed E-state index contributed by atoms with van der Waals surface area (Å²) in [5.41, 5.74) is 2.20. The van der Waals surface area contributed by atoms with E-state index < -0.39 is 8.07 Å². The minimum atomic E-state index is -1.29. The molecule has 0 bridgehead atoms. The number of hydrogen-bond donors (Lipinski definition) is 0. The number of hydrogen-bond acceptors (Lipinski definition) is 1. The van der Waals surface area contributed by atoms with E-state index in [1.54, 1.807) is 6.08 Å². The summed E-state index contributed by atoms with van der Waals surface area (Å²) in [4.78, 5) is 0. The Bertz CT molecular complexity index is 315. The average Bonchev–Trinajstić information content (AvgIpc) is 2.06. The van der Waals surface area contributed by atoms with E-state index in [2.05, 4.69) is 64.5 Å². The van der Waals surface area contributed by atoms with Crippen LogP contribution in [0.1, 0.15) is 20.8 Å². The van der Waals surface area contributed by atoms with Crippen molar-refractivity contribution in [2.75, 3.05) is 6.61 Å². The summed E-state index contributed by atoms with van der Waals surface area (Å²) in [6.07, 6.45) is 1.75. The van der Waals surface area contributed by atoms with Gasteiger partial charge in [0.15, 0.2) is 5.76 Å². The fourth-order valence-corrected chi connectivity index (χ4v) is 1.85. The van der Waals surface area contributed by atoms with Crippen molar-refractivity contribution in [1.29, 1.82) is 0 Å². The van der Waals surface area contributed by atoms with Gasteiger partial charge in [0.05, 0.1) is 8.07 Å². The van der Waals surface area contributed by atoms with Crippen molar-refractivity contribution in [3.05, 3.63) is 24.1 Å². The van der Waals surface area contributed by atoms with Crippen molar-refractivity contribution in [3.63, 3.8) is 0 Å². The molecule has 0 unspecified atom stereocenters. The molecule has 0 rings (SSSR count). The third-order valence-corrected chi connectivity index (χ3v) is 2.61. The molecule has 0 N–H and O–H groups in total. The highest BCUT2D eigenvalue weighted by atomic mass is 28.3. The van der Waals surface area contributed by atoms with Crippen LogP contribution < -0.4 is 0 Å². The zero-order chi connectivity index (χ0) is 12.8. The summed E-state index contributed by atoms with van der Waals surface area (Å²) in [5, 5.41) is 0. The van der Waals surface area contributed by atoms with Gasteiger partial charge in [-0.2, -0.15) is 0 Å². The minimum Gasteiger partial charge on any atom is -0.482 e. The Morgan fingerprint density at radius 3 is 2.25 bits per heavy atom. The molecule has 2 heteroatoms.